The minimum absolute atomic E-state index is 0.144. The first-order valence-electron chi connectivity index (χ1n) is 6.26. The number of hydrogen-bond donors (Lipinski definition) is 1. The van der Waals surface area contributed by atoms with Crippen molar-refractivity contribution in [1.29, 1.82) is 0 Å². The zero-order chi connectivity index (χ0) is 13.0. The number of amides is 1. The average Bonchev–Trinajstić information content (AvgIpc) is 2.76. The molecule has 1 unspecified atom stereocenters. The number of thiocarbonyl (C=S) groups is 1. The monoisotopic (exact) mass is 257 g/mol. The lowest BCUT2D eigenvalue weighted by Gasteiger charge is -2.33. The maximum absolute atomic E-state index is 12.3. The van der Waals surface area contributed by atoms with Crippen LogP contribution in [0.3, 0.4) is 0 Å². The van der Waals surface area contributed by atoms with Crippen molar-refractivity contribution in [2.24, 2.45) is 5.73 Å². The van der Waals surface area contributed by atoms with Gasteiger partial charge in [0.2, 0.25) is 5.91 Å². The summed E-state index contributed by atoms with van der Waals surface area (Å²) >= 11 is 4.94. The fourth-order valence-corrected chi connectivity index (χ4v) is 2.44. The molecule has 17 heavy (non-hydrogen) atoms. The Morgan fingerprint density at radius 2 is 1.88 bits per heavy atom. The number of carbonyl (C=O) groups excluding carboxylic acids is 1. The van der Waals surface area contributed by atoms with E-state index >= 15 is 0 Å². The highest BCUT2D eigenvalue weighted by Gasteiger charge is 2.29. The average molecular weight is 257 g/mol. The number of rotatable bonds is 5. The van der Waals surface area contributed by atoms with Gasteiger partial charge in [-0.2, -0.15) is 0 Å². The molecule has 1 fully saturated rings. The zero-order valence-electron chi connectivity index (χ0n) is 11.0. The van der Waals surface area contributed by atoms with Crippen molar-refractivity contribution in [3.05, 3.63) is 0 Å². The van der Waals surface area contributed by atoms with Crippen LogP contribution in [-0.4, -0.2) is 52.4 Å². The fourth-order valence-electron chi connectivity index (χ4n) is 2.29. The quantitative estimate of drug-likeness (QED) is 0.746. The van der Waals surface area contributed by atoms with E-state index in [2.05, 4.69) is 18.7 Å². The van der Waals surface area contributed by atoms with Crippen molar-refractivity contribution in [2.75, 3.05) is 19.6 Å². The molecule has 0 aliphatic carbocycles. The molecular formula is C12H23N3OS. The predicted octanol–water partition coefficient (Wildman–Crippen LogP) is 0.994. The smallest absolute Gasteiger partial charge is 0.239 e. The molecule has 1 amide bonds. The van der Waals surface area contributed by atoms with Gasteiger partial charge in [0.25, 0.3) is 0 Å². The second-order valence-electron chi connectivity index (χ2n) is 4.94. The first-order chi connectivity index (χ1) is 7.93. The second kappa shape index (κ2) is 6.31. The normalized spacial score (nSPS) is 17.8. The Labute approximate surface area is 109 Å². The third-order valence-corrected chi connectivity index (χ3v) is 3.40. The second-order valence-corrected chi connectivity index (χ2v) is 5.47. The van der Waals surface area contributed by atoms with E-state index in [1.165, 1.54) is 0 Å². The number of carbonyl (C=O) groups is 1. The molecule has 4 nitrogen and oxygen atoms in total. The third-order valence-electron chi connectivity index (χ3n) is 3.27. The number of nitrogens with two attached hydrogens (primary N) is 1. The molecule has 0 aromatic heterocycles. The van der Waals surface area contributed by atoms with E-state index in [1.807, 2.05) is 11.8 Å². The topological polar surface area (TPSA) is 49.6 Å². The maximum Gasteiger partial charge on any atom is 0.239 e. The van der Waals surface area contributed by atoms with E-state index in [0.717, 1.165) is 25.9 Å². The van der Waals surface area contributed by atoms with Crippen LogP contribution in [0.5, 0.6) is 0 Å². The lowest BCUT2D eigenvalue weighted by atomic mass is 10.2. The highest BCUT2D eigenvalue weighted by molar-refractivity contribution is 7.80. The van der Waals surface area contributed by atoms with Gasteiger partial charge in [-0.3, -0.25) is 9.69 Å². The fraction of sp³-hybridized carbons (Fsp3) is 0.833. The van der Waals surface area contributed by atoms with Crippen molar-refractivity contribution >= 4 is 23.1 Å². The van der Waals surface area contributed by atoms with Gasteiger partial charge >= 0.3 is 0 Å². The lowest BCUT2D eigenvalue weighted by molar-refractivity contribution is -0.135. The van der Waals surface area contributed by atoms with Gasteiger partial charge in [0, 0.05) is 25.7 Å². The third kappa shape index (κ3) is 3.92. The van der Waals surface area contributed by atoms with Crippen LogP contribution in [0.1, 0.15) is 33.6 Å². The molecule has 0 radical (unpaired) electrons. The summed E-state index contributed by atoms with van der Waals surface area (Å²) < 4.78 is 0. The molecule has 1 aliphatic rings. The molecule has 1 rings (SSSR count). The predicted molar refractivity (Wildman–Crippen MR) is 73.9 cm³/mol. The van der Waals surface area contributed by atoms with Crippen LogP contribution in [0, 0.1) is 0 Å². The molecule has 2 N–H and O–H groups in total. The molecule has 0 saturated carbocycles. The summed E-state index contributed by atoms with van der Waals surface area (Å²) in [4.78, 5) is 16.7. The van der Waals surface area contributed by atoms with Gasteiger partial charge in [0.05, 0.1) is 11.0 Å². The van der Waals surface area contributed by atoms with Crippen LogP contribution in [0.2, 0.25) is 0 Å². The molecule has 0 aromatic carbocycles. The van der Waals surface area contributed by atoms with Crippen LogP contribution in [0.15, 0.2) is 0 Å². The van der Waals surface area contributed by atoms with E-state index in [1.54, 1.807) is 0 Å². The molecule has 0 spiro atoms. The van der Waals surface area contributed by atoms with E-state index in [-0.39, 0.29) is 18.0 Å². The first-order valence-corrected chi connectivity index (χ1v) is 6.67. The molecule has 98 valence electrons. The van der Waals surface area contributed by atoms with Gasteiger partial charge in [0.1, 0.15) is 0 Å². The van der Waals surface area contributed by atoms with Gasteiger partial charge in [-0.1, -0.05) is 12.2 Å². The SMILES string of the molecule is CC(C)N(CC(N)=S)C(C)C(=O)N1CCCC1. The van der Waals surface area contributed by atoms with Crippen LogP contribution >= 0.6 is 12.2 Å². The Bertz CT molecular complexity index is 287. The first kappa shape index (κ1) is 14.4. The van der Waals surface area contributed by atoms with Crippen LogP contribution in [0.4, 0.5) is 0 Å². The minimum Gasteiger partial charge on any atom is -0.392 e. The summed E-state index contributed by atoms with van der Waals surface area (Å²) in [5.74, 6) is 0.201. The number of hydrogen-bond acceptors (Lipinski definition) is 3. The van der Waals surface area contributed by atoms with Crippen LogP contribution in [-0.2, 0) is 4.79 Å². The van der Waals surface area contributed by atoms with Gasteiger partial charge in [-0.25, -0.2) is 0 Å². The Balaban J connectivity index is 2.65. The molecule has 0 bridgehead atoms. The Morgan fingerprint density at radius 3 is 2.29 bits per heavy atom. The van der Waals surface area contributed by atoms with Gasteiger partial charge in [0.15, 0.2) is 0 Å². The largest absolute Gasteiger partial charge is 0.392 e. The number of nitrogens with zero attached hydrogens (tertiary/aromatic N) is 2. The molecule has 1 saturated heterocycles. The molecule has 1 heterocycles. The molecule has 0 aromatic rings. The standard InChI is InChI=1S/C12H23N3OS/c1-9(2)15(8-11(13)17)10(3)12(16)14-6-4-5-7-14/h9-10H,4-8H2,1-3H3,(H2,13,17). The van der Waals surface area contributed by atoms with Crippen LogP contribution in [0.25, 0.3) is 0 Å². The molecule has 1 aliphatic heterocycles. The van der Waals surface area contributed by atoms with Crippen molar-refractivity contribution in [3.8, 4) is 0 Å². The Hall–Kier alpha value is -0.680. The molecule has 1 atom stereocenters. The van der Waals surface area contributed by atoms with E-state index in [0.29, 0.717) is 11.5 Å². The van der Waals surface area contributed by atoms with E-state index in [4.69, 9.17) is 18.0 Å². The Kier molecular flexibility index (Phi) is 5.33. The summed E-state index contributed by atoms with van der Waals surface area (Å²) in [5.41, 5.74) is 5.59. The summed E-state index contributed by atoms with van der Waals surface area (Å²) in [5, 5.41) is 0. The van der Waals surface area contributed by atoms with Gasteiger partial charge < -0.3 is 10.6 Å². The van der Waals surface area contributed by atoms with Gasteiger partial charge in [-0.05, 0) is 33.6 Å². The summed E-state index contributed by atoms with van der Waals surface area (Å²) in [6.45, 7) is 8.36. The molecule has 5 heteroatoms. The van der Waals surface area contributed by atoms with Crippen molar-refractivity contribution in [3.63, 3.8) is 0 Å². The highest BCUT2D eigenvalue weighted by atomic mass is 32.1. The number of likely N-dealkylation sites (tertiary alicyclic amines) is 1. The van der Waals surface area contributed by atoms with E-state index < -0.39 is 0 Å². The maximum atomic E-state index is 12.3. The minimum atomic E-state index is -0.144. The van der Waals surface area contributed by atoms with Crippen molar-refractivity contribution in [1.82, 2.24) is 9.80 Å². The lowest BCUT2D eigenvalue weighted by Crippen LogP contribution is -2.51. The van der Waals surface area contributed by atoms with Gasteiger partial charge in [-0.15, -0.1) is 0 Å². The highest BCUT2D eigenvalue weighted by Crippen LogP contribution is 2.13. The summed E-state index contributed by atoms with van der Waals surface area (Å²) in [6.07, 6.45) is 2.24. The van der Waals surface area contributed by atoms with Crippen molar-refractivity contribution < 1.29 is 4.79 Å². The van der Waals surface area contributed by atoms with Crippen LogP contribution < -0.4 is 5.73 Å². The Morgan fingerprint density at radius 1 is 1.35 bits per heavy atom. The van der Waals surface area contributed by atoms with Crippen molar-refractivity contribution in [2.45, 2.75) is 45.7 Å². The zero-order valence-corrected chi connectivity index (χ0v) is 11.8. The summed E-state index contributed by atoms with van der Waals surface area (Å²) in [7, 11) is 0. The van der Waals surface area contributed by atoms with E-state index in [9.17, 15) is 4.79 Å². The summed E-state index contributed by atoms with van der Waals surface area (Å²) in [6, 6.07) is 0.118. The molecular weight excluding hydrogens is 234 g/mol.